The molecule has 0 bridgehead atoms. The summed E-state index contributed by atoms with van der Waals surface area (Å²) in [6.45, 7) is 8.54. The molecule has 0 aliphatic carbocycles. The highest BCUT2D eigenvalue weighted by Crippen LogP contribution is 2.04. The molecule has 0 aromatic rings. The fourth-order valence-electron chi connectivity index (χ4n) is 2.87. The molecule has 1 heterocycles. The van der Waals surface area contributed by atoms with Crippen molar-refractivity contribution in [3.63, 3.8) is 0 Å². The third-order valence-corrected chi connectivity index (χ3v) is 4.65. The monoisotopic (exact) mass is 312 g/mol. The zero-order valence-corrected chi connectivity index (χ0v) is 15.1. The van der Waals surface area contributed by atoms with E-state index in [4.69, 9.17) is 0 Å². The summed E-state index contributed by atoms with van der Waals surface area (Å²) in [4.78, 5) is 19.1. The quantitative estimate of drug-likeness (QED) is 0.731. The van der Waals surface area contributed by atoms with Crippen molar-refractivity contribution in [2.75, 3.05) is 60.4 Å². The van der Waals surface area contributed by atoms with Crippen molar-refractivity contribution < 1.29 is 4.79 Å². The Morgan fingerprint density at radius 1 is 0.864 bits per heavy atom. The Labute approximate surface area is 137 Å². The zero-order valence-electron chi connectivity index (χ0n) is 15.1. The van der Waals surface area contributed by atoms with E-state index in [9.17, 15) is 4.79 Å². The summed E-state index contributed by atoms with van der Waals surface area (Å²) in [5.74, 6) is 0.184. The molecule has 0 spiro atoms. The van der Waals surface area contributed by atoms with Gasteiger partial charge in [0.05, 0.1) is 0 Å². The predicted octanol–water partition coefficient (Wildman–Crippen LogP) is 1.25. The van der Waals surface area contributed by atoms with Crippen LogP contribution in [0.5, 0.6) is 0 Å². The molecule has 1 aliphatic heterocycles. The molecule has 1 rings (SSSR count). The molecule has 5 nitrogen and oxygen atoms in total. The molecule has 1 unspecified atom stereocenters. The normalized spacial score (nSPS) is 27.3. The first-order valence-electron chi connectivity index (χ1n) is 8.83. The highest BCUT2D eigenvalue weighted by Gasteiger charge is 2.14. The van der Waals surface area contributed by atoms with Crippen LogP contribution in [-0.4, -0.2) is 87.1 Å². The van der Waals surface area contributed by atoms with Crippen molar-refractivity contribution in [3.8, 4) is 0 Å². The number of rotatable bonds is 0. The fraction of sp³-hybridized carbons (Fsp3) is 0.941. The standard InChI is InChI=1S/C17H36N4O/c1-16-15-17(22)18-9-7-12-19(2)10-5-6-11-20(3)13-8-14-21(16)4/h16H,5-15H2,1-4H3,(H,18,22). The lowest BCUT2D eigenvalue weighted by molar-refractivity contribution is -0.122. The second-order valence-electron chi connectivity index (χ2n) is 6.90. The lowest BCUT2D eigenvalue weighted by atomic mass is 10.2. The molecule has 0 aromatic carbocycles. The third kappa shape index (κ3) is 8.71. The topological polar surface area (TPSA) is 38.8 Å². The first kappa shape index (κ1) is 19.4. The largest absolute Gasteiger partial charge is 0.356 e. The van der Waals surface area contributed by atoms with Crippen molar-refractivity contribution in [1.82, 2.24) is 20.0 Å². The zero-order chi connectivity index (χ0) is 16.4. The van der Waals surface area contributed by atoms with Gasteiger partial charge in [0, 0.05) is 19.0 Å². The van der Waals surface area contributed by atoms with Crippen molar-refractivity contribution in [2.24, 2.45) is 0 Å². The number of carbonyl (C=O) groups is 1. The van der Waals surface area contributed by atoms with Crippen molar-refractivity contribution >= 4 is 5.91 Å². The molecule has 22 heavy (non-hydrogen) atoms. The molecule has 0 radical (unpaired) electrons. The molecule has 5 heteroatoms. The van der Waals surface area contributed by atoms with Crippen LogP contribution in [0.2, 0.25) is 0 Å². The van der Waals surface area contributed by atoms with E-state index < -0.39 is 0 Å². The minimum atomic E-state index is 0.184. The molecule has 1 amide bonds. The number of hydrogen-bond donors (Lipinski definition) is 1. The summed E-state index contributed by atoms with van der Waals surface area (Å²) in [6.07, 6.45) is 5.32. The van der Waals surface area contributed by atoms with Gasteiger partial charge in [-0.05, 0) is 86.5 Å². The fourth-order valence-corrected chi connectivity index (χ4v) is 2.87. The molecule has 1 atom stereocenters. The highest BCUT2D eigenvalue weighted by molar-refractivity contribution is 5.76. The summed E-state index contributed by atoms with van der Waals surface area (Å²) in [5.41, 5.74) is 0. The number of carbonyl (C=O) groups excluding carboxylic acids is 1. The van der Waals surface area contributed by atoms with Crippen LogP contribution >= 0.6 is 0 Å². The van der Waals surface area contributed by atoms with E-state index in [0.717, 1.165) is 39.1 Å². The van der Waals surface area contributed by atoms with Crippen LogP contribution in [0.3, 0.4) is 0 Å². The Bertz CT molecular complexity index is 311. The molecule has 1 fully saturated rings. The van der Waals surface area contributed by atoms with Crippen LogP contribution in [-0.2, 0) is 4.79 Å². The lowest BCUT2D eigenvalue weighted by Gasteiger charge is -2.25. The van der Waals surface area contributed by atoms with Gasteiger partial charge in [-0.1, -0.05) is 0 Å². The summed E-state index contributed by atoms with van der Waals surface area (Å²) >= 11 is 0. The number of hydrogen-bond acceptors (Lipinski definition) is 4. The number of nitrogens with one attached hydrogen (secondary N) is 1. The maximum absolute atomic E-state index is 12.0. The highest BCUT2D eigenvalue weighted by atomic mass is 16.1. The molecular formula is C17H36N4O. The summed E-state index contributed by atoms with van der Waals surface area (Å²) in [6, 6.07) is 0.309. The van der Waals surface area contributed by atoms with E-state index >= 15 is 0 Å². The van der Waals surface area contributed by atoms with Crippen molar-refractivity contribution in [1.29, 1.82) is 0 Å². The van der Waals surface area contributed by atoms with E-state index in [1.165, 1.54) is 25.8 Å². The molecular weight excluding hydrogens is 276 g/mol. The number of amides is 1. The van der Waals surface area contributed by atoms with Gasteiger partial charge in [-0.15, -0.1) is 0 Å². The summed E-state index contributed by atoms with van der Waals surface area (Å²) < 4.78 is 0. The molecule has 1 aliphatic rings. The maximum Gasteiger partial charge on any atom is 0.221 e. The Hall–Kier alpha value is -0.650. The van der Waals surface area contributed by atoms with Gasteiger partial charge < -0.3 is 20.0 Å². The van der Waals surface area contributed by atoms with Crippen molar-refractivity contribution in [2.45, 2.75) is 45.1 Å². The average Bonchev–Trinajstić information content (AvgIpc) is 2.47. The predicted molar refractivity (Wildman–Crippen MR) is 93.2 cm³/mol. The Morgan fingerprint density at radius 2 is 1.41 bits per heavy atom. The Balaban J connectivity index is 2.45. The molecule has 130 valence electrons. The SMILES string of the molecule is CC1CC(=O)NCCCN(C)CCCCN(C)CCCN1C. The Morgan fingerprint density at radius 3 is 2.05 bits per heavy atom. The van der Waals surface area contributed by atoms with E-state index in [0.29, 0.717) is 12.5 Å². The van der Waals surface area contributed by atoms with Gasteiger partial charge in [-0.25, -0.2) is 0 Å². The molecule has 0 saturated carbocycles. The van der Waals surface area contributed by atoms with Crippen LogP contribution in [0, 0.1) is 0 Å². The van der Waals surface area contributed by atoms with Crippen LogP contribution in [0.4, 0.5) is 0 Å². The van der Waals surface area contributed by atoms with Gasteiger partial charge in [0.15, 0.2) is 0 Å². The van der Waals surface area contributed by atoms with Crippen molar-refractivity contribution in [3.05, 3.63) is 0 Å². The minimum Gasteiger partial charge on any atom is -0.356 e. The Kier molecular flexibility index (Phi) is 9.68. The smallest absolute Gasteiger partial charge is 0.221 e. The van der Waals surface area contributed by atoms with Crippen LogP contribution in [0.25, 0.3) is 0 Å². The van der Waals surface area contributed by atoms with Gasteiger partial charge in [0.2, 0.25) is 5.91 Å². The van der Waals surface area contributed by atoms with Crippen LogP contribution < -0.4 is 5.32 Å². The molecule has 1 N–H and O–H groups in total. The van der Waals surface area contributed by atoms with E-state index in [-0.39, 0.29) is 5.91 Å². The average molecular weight is 313 g/mol. The second kappa shape index (κ2) is 11.0. The molecule has 0 aromatic heterocycles. The van der Waals surface area contributed by atoms with Crippen LogP contribution in [0.1, 0.15) is 39.0 Å². The second-order valence-corrected chi connectivity index (χ2v) is 6.90. The molecule has 1 saturated heterocycles. The van der Waals surface area contributed by atoms with E-state index in [2.05, 4.69) is 48.1 Å². The number of nitrogens with zero attached hydrogens (tertiary/aromatic N) is 3. The van der Waals surface area contributed by atoms with Gasteiger partial charge in [0.25, 0.3) is 0 Å². The van der Waals surface area contributed by atoms with Gasteiger partial charge in [-0.3, -0.25) is 4.79 Å². The summed E-state index contributed by atoms with van der Waals surface area (Å²) in [5, 5.41) is 3.05. The van der Waals surface area contributed by atoms with Crippen LogP contribution in [0.15, 0.2) is 0 Å². The minimum absolute atomic E-state index is 0.184. The maximum atomic E-state index is 12.0. The van der Waals surface area contributed by atoms with Gasteiger partial charge >= 0.3 is 0 Å². The summed E-state index contributed by atoms with van der Waals surface area (Å²) in [7, 11) is 6.52. The first-order chi connectivity index (χ1) is 10.5. The first-order valence-corrected chi connectivity index (χ1v) is 8.83. The van der Waals surface area contributed by atoms with Gasteiger partial charge in [0.1, 0.15) is 0 Å². The lowest BCUT2D eigenvalue weighted by Crippen LogP contribution is -2.37. The van der Waals surface area contributed by atoms with E-state index in [1.807, 2.05) is 0 Å². The van der Waals surface area contributed by atoms with E-state index in [1.54, 1.807) is 0 Å². The van der Waals surface area contributed by atoms with Gasteiger partial charge in [-0.2, -0.15) is 0 Å². The third-order valence-electron chi connectivity index (χ3n) is 4.65.